The fourth-order valence-electron chi connectivity index (χ4n) is 2.69. The molecule has 3 heterocycles. The standard InChI is InChI=1S/C12H14ClN3/c1-16-10-2-3-11(16)5-8(4-10)12-14-6-9(13)7-15-12/h4,6-7,10-11H,2-3,5H2,1H3. The normalized spacial score (nSPS) is 29.2. The van der Waals surface area contributed by atoms with Crippen LogP contribution in [0.15, 0.2) is 18.5 Å². The molecule has 2 aliphatic heterocycles. The molecule has 0 spiro atoms. The van der Waals surface area contributed by atoms with Crippen LogP contribution < -0.4 is 0 Å². The second kappa shape index (κ2) is 3.82. The van der Waals surface area contributed by atoms with Crippen LogP contribution in [0.3, 0.4) is 0 Å². The van der Waals surface area contributed by atoms with Gasteiger partial charge in [0.15, 0.2) is 5.82 Å². The molecule has 2 unspecified atom stereocenters. The van der Waals surface area contributed by atoms with Gasteiger partial charge in [0.2, 0.25) is 0 Å². The maximum Gasteiger partial charge on any atom is 0.154 e. The van der Waals surface area contributed by atoms with Crippen molar-refractivity contribution >= 4 is 17.2 Å². The molecular formula is C12H14ClN3. The van der Waals surface area contributed by atoms with Crippen LogP contribution in [0.5, 0.6) is 0 Å². The first kappa shape index (κ1) is 10.2. The molecule has 4 heteroatoms. The van der Waals surface area contributed by atoms with Crippen LogP contribution in [-0.2, 0) is 0 Å². The van der Waals surface area contributed by atoms with Crippen molar-refractivity contribution in [2.75, 3.05) is 7.05 Å². The Balaban J connectivity index is 1.92. The first-order chi connectivity index (χ1) is 7.74. The summed E-state index contributed by atoms with van der Waals surface area (Å²) in [4.78, 5) is 11.0. The molecule has 0 amide bonds. The van der Waals surface area contributed by atoms with E-state index in [4.69, 9.17) is 11.6 Å². The lowest BCUT2D eigenvalue weighted by Crippen LogP contribution is -2.34. The van der Waals surface area contributed by atoms with Gasteiger partial charge in [-0.1, -0.05) is 17.7 Å². The predicted molar refractivity (Wildman–Crippen MR) is 64.2 cm³/mol. The lowest BCUT2D eigenvalue weighted by Gasteiger charge is -2.29. The van der Waals surface area contributed by atoms with E-state index in [2.05, 4.69) is 28.0 Å². The predicted octanol–water partition coefficient (Wildman–Crippen LogP) is 2.38. The van der Waals surface area contributed by atoms with Crippen LogP contribution in [0.25, 0.3) is 5.57 Å². The van der Waals surface area contributed by atoms with E-state index in [1.54, 1.807) is 12.4 Å². The van der Waals surface area contributed by atoms with Crippen molar-refractivity contribution in [3.8, 4) is 0 Å². The van der Waals surface area contributed by atoms with Gasteiger partial charge < -0.3 is 0 Å². The molecule has 84 valence electrons. The maximum atomic E-state index is 5.79. The maximum absolute atomic E-state index is 5.79. The molecule has 1 saturated heterocycles. The fraction of sp³-hybridized carbons (Fsp3) is 0.500. The average Bonchev–Trinajstić information content (AvgIpc) is 2.54. The van der Waals surface area contributed by atoms with Crippen LogP contribution in [0.1, 0.15) is 25.1 Å². The van der Waals surface area contributed by atoms with E-state index >= 15 is 0 Å². The molecule has 0 saturated carbocycles. The molecule has 3 nitrogen and oxygen atoms in total. The van der Waals surface area contributed by atoms with Crippen LogP contribution in [0.4, 0.5) is 0 Å². The van der Waals surface area contributed by atoms with Gasteiger partial charge in [0.1, 0.15) is 0 Å². The molecule has 1 aromatic rings. The molecular weight excluding hydrogens is 222 g/mol. The summed E-state index contributed by atoms with van der Waals surface area (Å²) in [7, 11) is 2.21. The minimum atomic E-state index is 0.577. The van der Waals surface area contributed by atoms with Gasteiger partial charge in [0.05, 0.1) is 5.02 Å². The lowest BCUT2D eigenvalue weighted by atomic mass is 10.0. The number of hydrogen-bond acceptors (Lipinski definition) is 3. The summed E-state index contributed by atoms with van der Waals surface area (Å²) < 4.78 is 0. The molecule has 0 aliphatic carbocycles. The van der Waals surface area contributed by atoms with Gasteiger partial charge in [-0.3, -0.25) is 4.90 Å². The summed E-state index contributed by atoms with van der Waals surface area (Å²) in [5.41, 5.74) is 1.28. The Morgan fingerprint density at radius 2 is 2.06 bits per heavy atom. The van der Waals surface area contributed by atoms with Gasteiger partial charge in [0.25, 0.3) is 0 Å². The Bertz CT molecular complexity index is 426. The van der Waals surface area contributed by atoms with E-state index in [0.717, 1.165) is 12.2 Å². The van der Waals surface area contributed by atoms with Gasteiger partial charge >= 0.3 is 0 Å². The monoisotopic (exact) mass is 235 g/mol. The number of rotatable bonds is 1. The molecule has 16 heavy (non-hydrogen) atoms. The molecule has 1 aromatic heterocycles. The Labute approximate surface area is 100 Å². The fourth-order valence-corrected chi connectivity index (χ4v) is 2.78. The number of nitrogens with zero attached hydrogens (tertiary/aromatic N) is 3. The van der Waals surface area contributed by atoms with Crippen LogP contribution in [0.2, 0.25) is 5.02 Å². The summed E-state index contributed by atoms with van der Waals surface area (Å²) in [6.45, 7) is 0. The summed E-state index contributed by atoms with van der Waals surface area (Å²) >= 11 is 5.79. The summed E-state index contributed by atoms with van der Waals surface area (Å²) in [6.07, 6.45) is 9.27. The zero-order valence-corrected chi connectivity index (χ0v) is 9.98. The van der Waals surface area contributed by atoms with Crippen molar-refractivity contribution in [3.05, 3.63) is 29.3 Å². The van der Waals surface area contributed by atoms with Crippen LogP contribution in [0, 0.1) is 0 Å². The zero-order chi connectivity index (χ0) is 11.1. The highest BCUT2D eigenvalue weighted by atomic mass is 35.5. The molecule has 0 N–H and O–H groups in total. The van der Waals surface area contributed by atoms with Gasteiger partial charge in [0, 0.05) is 24.5 Å². The van der Waals surface area contributed by atoms with Crippen molar-refractivity contribution in [1.82, 2.24) is 14.9 Å². The van der Waals surface area contributed by atoms with E-state index in [9.17, 15) is 0 Å². The Morgan fingerprint density at radius 3 is 2.75 bits per heavy atom. The molecule has 2 aliphatic rings. The first-order valence-corrected chi connectivity index (χ1v) is 6.02. The van der Waals surface area contributed by atoms with Gasteiger partial charge in [-0.05, 0) is 31.9 Å². The number of aromatic nitrogens is 2. The smallest absolute Gasteiger partial charge is 0.154 e. The highest BCUT2D eigenvalue weighted by Gasteiger charge is 2.34. The quantitative estimate of drug-likeness (QED) is 0.749. The summed E-state index contributed by atoms with van der Waals surface area (Å²) in [5.74, 6) is 0.842. The number of likely N-dealkylation sites (N-methyl/N-ethyl adjacent to an activating group) is 1. The largest absolute Gasteiger partial charge is 0.297 e. The van der Waals surface area contributed by atoms with Crippen LogP contribution >= 0.6 is 11.6 Å². The highest BCUT2D eigenvalue weighted by Crippen LogP contribution is 2.36. The number of hydrogen-bond donors (Lipinski definition) is 0. The van der Waals surface area contributed by atoms with Crippen LogP contribution in [-0.4, -0.2) is 34.0 Å². The molecule has 2 bridgehead atoms. The second-order valence-corrected chi connectivity index (χ2v) is 5.02. The Hall–Kier alpha value is -0.930. The van der Waals surface area contributed by atoms with Crippen molar-refractivity contribution in [2.24, 2.45) is 0 Å². The summed E-state index contributed by atoms with van der Waals surface area (Å²) in [5, 5.41) is 0.597. The lowest BCUT2D eigenvalue weighted by molar-refractivity contribution is 0.264. The van der Waals surface area contributed by atoms with E-state index in [1.165, 1.54) is 18.4 Å². The van der Waals surface area contributed by atoms with Crippen molar-refractivity contribution in [2.45, 2.75) is 31.3 Å². The third-order valence-electron chi connectivity index (χ3n) is 3.65. The van der Waals surface area contributed by atoms with Gasteiger partial charge in [-0.2, -0.15) is 0 Å². The Kier molecular flexibility index (Phi) is 2.45. The number of fused-ring (bicyclic) bond motifs is 2. The zero-order valence-electron chi connectivity index (χ0n) is 9.23. The minimum Gasteiger partial charge on any atom is -0.297 e. The van der Waals surface area contributed by atoms with E-state index in [1.807, 2.05) is 0 Å². The van der Waals surface area contributed by atoms with Gasteiger partial charge in [-0.25, -0.2) is 9.97 Å². The molecule has 2 atom stereocenters. The topological polar surface area (TPSA) is 29.0 Å². The summed E-state index contributed by atoms with van der Waals surface area (Å²) in [6, 6.07) is 1.25. The third-order valence-corrected chi connectivity index (χ3v) is 3.85. The average molecular weight is 236 g/mol. The van der Waals surface area contributed by atoms with Crippen molar-refractivity contribution in [1.29, 1.82) is 0 Å². The second-order valence-electron chi connectivity index (χ2n) is 4.58. The van der Waals surface area contributed by atoms with Crippen molar-refractivity contribution in [3.63, 3.8) is 0 Å². The molecule has 1 fully saturated rings. The molecule has 3 rings (SSSR count). The van der Waals surface area contributed by atoms with Crippen molar-refractivity contribution < 1.29 is 0 Å². The first-order valence-electron chi connectivity index (χ1n) is 5.64. The third kappa shape index (κ3) is 1.64. The highest BCUT2D eigenvalue weighted by molar-refractivity contribution is 6.30. The molecule has 0 aromatic carbocycles. The van der Waals surface area contributed by atoms with E-state index in [0.29, 0.717) is 17.1 Å². The SMILES string of the molecule is CN1C2C=C(c3ncc(Cl)cn3)CC1CC2. The Morgan fingerprint density at radius 1 is 1.31 bits per heavy atom. The van der Waals surface area contributed by atoms with E-state index in [-0.39, 0.29) is 0 Å². The number of halogens is 1. The molecule has 0 radical (unpaired) electrons. The van der Waals surface area contributed by atoms with E-state index < -0.39 is 0 Å². The minimum absolute atomic E-state index is 0.577. The van der Waals surface area contributed by atoms with Gasteiger partial charge in [-0.15, -0.1) is 0 Å².